The lowest BCUT2D eigenvalue weighted by atomic mass is 9.90. The average molecular weight is 300 g/mol. The van der Waals surface area contributed by atoms with Crippen LogP contribution in [0.4, 0.5) is 0 Å². The van der Waals surface area contributed by atoms with Gasteiger partial charge in [0.15, 0.2) is 5.69 Å². The predicted molar refractivity (Wildman–Crippen MR) is 77.6 cm³/mol. The van der Waals surface area contributed by atoms with Crippen molar-refractivity contribution in [2.75, 3.05) is 13.1 Å². The van der Waals surface area contributed by atoms with Gasteiger partial charge in [-0.15, -0.1) is 5.10 Å². The van der Waals surface area contributed by atoms with Gasteiger partial charge in [0, 0.05) is 13.1 Å². The number of hydrogen-bond acceptors (Lipinski definition) is 4. The van der Waals surface area contributed by atoms with Crippen molar-refractivity contribution < 1.29 is 14.7 Å². The SMILES string of the molecule is CC1(C(=O)O)CCN(C(=O)c2cnn(-c3ccccc3)n2)C1. The van der Waals surface area contributed by atoms with Crippen molar-refractivity contribution in [2.45, 2.75) is 13.3 Å². The highest BCUT2D eigenvalue weighted by Crippen LogP contribution is 2.30. The van der Waals surface area contributed by atoms with E-state index in [1.54, 1.807) is 6.92 Å². The zero-order chi connectivity index (χ0) is 15.7. The Hall–Kier alpha value is -2.70. The summed E-state index contributed by atoms with van der Waals surface area (Å²) in [5, 5.41) is 17.5. The lowest BCUT2D eigenvalue weighted by Gasteiger charge is -2.19. The van der Waals surface area contributed by atoms with Crippen LogP contribution in [0.5, 0.6) is 0 Å². The summed E-state index contributed by atoms with van der Waals surface area (Å²) in [5.41, 5.74) is 0.0993. The third-order valence-electron chi connectivity index (χ3n) is 3.97. The molecule has 1 aromatic heterocycles. The summed E-state index contributed by atoms with van der Waals surface area (Å²) in [6, 6.07) is 9.28. The second kappa shape index (κ2) is 5.25. The maximum Gasteiger partial charge on any atom is 0.311 e. The second-order valence-corrected chi connectivity index (χ2v) is 5.70. The molecule has 1 unspecified atom stereocenters. The summed E-state index contributed by atoms with van der Waals surface area (Å²) in [6.07, 6.45) is 1.85. The molecule has 1 aliphatic rings. The lowest BCUT2D eigenvalue weighted by Crippen LogP contribution is -2.35. The summed E-state index contributed by atoms with van der Waals surface area (Å²) < 4.78 is 0. The number of likely N-dealkylation sites (tertiary alicyclic amines) is 1. The summed E-state index contributed by atoms with van der Waals surface area (Å²) in [4.78, 5) is 26.6. The molecule has 2 heterocycles. The Bertz CT molecular complexity index is 713. The Morgan fingerprint density at radius 1 is 1.27 bits per heavy atom. The molecular weight excluding hydrogens is 284 g/mol. The molecule has 0 radical (unpaired) electrons. The summed E-state index contributed by atoms with van der Waals surface area (Å²) in [6.45, 7) is 2.27. The number of hydrogen-bond donors (Lipinski definition) is 1. The molecule has 7 heteroatoms. The van der Waals surface area contributed by atoms with Crippen LogP contribution in [0.15, 0.2) is 36.5 Å². The van der Waals surface area contributed by atoms with Crippen LogP contribution < -0.4 is 0 Å². The third kappa shape index (κ3) is 2.45. The predicted octanol–water partition coefficient (Wildman–Crippen LogP) is 1.20. The minimum atomic E-state index is -0.884. The molecule has 3 rings (SSSR count). The quantitative estimate of drug-likeness (QED) is 0.920. The maximum atomic E-state index is 12.4. The third-order valence-corrected chi connectivity index (χ3v) is 3.97. The van der Waals surface area contributed by atoms with E-state index in [2.05, 4.69) is 10.2 Å². The highest BCUT2D eigenvalue weighted by atomic mass is 16.4. The van der Waals surface area contributed by atoms with Gasteiger partial charge in [-0.1, -0.05) is 18.2 Å². The fourth-order valence-electron chi connectivity index (χ4n) is 2.52. The van der Waals surface area contributed by atoms with Gasteiger partial charge in [-0.05, 0) is 25.5 Å². The first-order valence-electron chi connectivity index (χ1n) is 7.00. The second-order valence-electron chi connectivity index (χ2n) is 5.70. The van der Waals surface area contributed by atoms with E-state index < -0.39 is 11.4 Å². The van der Waals surface area contributed by atoms with Gasteiger partial charge in [-0.25, -0.2) is 0 Å². The van der Waals surface area contributed by atoms with Crippen LogP contribution in [0.3, 0.4) is 0 Å². The van der Waals surface area contributed by atoms with E-state index in [1.165, 1.54) is 15.9 Å². The molecule has 2 aromatic rings. The van der Waals surface area contributed by atoms with Crippen molar-refractivity contribution >= 4 is 11.9 Å². The molecule has 0 saturated carbocycles. The number of carboxylic acid groups (broad SMARTS) is 1. The van der Waals surface area contributed by atoms with Gasteiger partial charge in [0.05, 0.1) is 17.3 Å². The molecular formula is C15H16N4O3. The van der Waals surface area contributed by atoms with E-state index in [4.69, 9.17) is 0 Å². The Balaban J connectivity index is 1.77. The first-order chi connectivity index (χ1) is 10.5. The van der Waals surface area contributed by atoms with Crippen molar-refractivity contribution in [3.05, 3.63) is 42.2 Å². The fourth-order valence-corrected chi connectivity index (χ4v) is 2.52. The lowest BCUT2D eigenvalue weighted by molar-refractivity contribution is -0.147. The highest BCUT2D eigenvalue weighted by Gasteiger charge is 2.42. The maximum absolute atomic E-state index is 12.4. The number of amides is 1. The van der Waals surface area contributed by atoms with E-state index in [0.717, 1.165) is 5.69 Å². The molecule has 7 nitrogen and oxygen atoms in total. The zero-order valence-corrected chi connectivity index (χ0v) is 12.1. The van der Waals surface area contributed by atoms with Gasteiger partial charge in [-0.2, -0.15) is 9.90 Å². The Morgan fingerprint density at radius 2 is 2.00 bits per heavy atom. The van der Waals surface area contributed by atoms with Crippen molar-refractivity contribution in [3.8, 4) is 5.69 Å². The normalized spacial score (nSPS) is 21.0. The summed E-state index contributed by atoms with van der Waals surface area (Å²) in [5.74, 6) is -1.16. The van der Waals surface area contributed by atoms with Crippen LogP contribution >= 0.6 is 0 Å². The fraction of sp³-hybridized carbons (Fsp3) is 0.333. The first-order valence-corrected chi connectivity index (χ1v) is 7.00. The van der Waals surface area contributed by atoms with Crippen LogP contribution in [-0.4, -0.2) is 50.0 Å². The van der Waals surface area contributed by atoms with E-state index in [0.29, 0.717) is 13.0 Å². The average Bonchev–Trinajstić information content (AvgIpc) is 3.15. The molecule has 0 aliphatic carbocycles. The molecule has 1 aliphatic heterocycles. The van der Waals surface area contributed by atoms with Gasteiger partial charge < -0.3 is 10.0 Å². The van der Waals surface area contributed by atoms with Gasteiger partial charge in [-0.3, -0.25) is 9.59 Å². The number of carboxylic acids is 1. The number of carbonyl (C=O) groups excluding carboxylic acids is 1. The van der Waals surface area contributed by atoms with E-state index in [9.17, 15) is 14.7 Å². The summed E-state index contributed by atoms with van der Waals surface area (Å²) in [7, 11) is 0. The molecule has 1 aromatic carbocycles. The zero-order valence-electron chi connectivity index (χ0n) is 12.1. The van der Waals surface area contributed by atoms with E-state index >= 15 is 0 Å². The Morgan fingerprint density at radius 3 is 2.64 bits per heavy atom. The van der Waals surface area contributed by atoms with Gasteiger partial charge >= 0.3 is 5.97 Å². The van der Waals surface area contributed by atoms with Crippen molar-refractivity contribution in [1.82, 2.24) is 19.9 Å². The Labute approximate surface area is 127 Å². The van der Waals surface area contributed by atoms with Crippen LogP contribution in [-0.2, 0) is 4.79 Å². The first kappa shape index (κ1) is 14.2. The molecule has 1 atom stereocenters. The van der Waals surface area contributed by atoms with Crippen LogP contribution in [0.25, 0.3) is 5.69 Å². The van der Waals surface area contributed by atoms with Gasteiger partial charge in [0.1, 0.15) is 0 Å². The number of aromatic nitrogens is 3. The number of carbonyl (C=O) groups is 2. The van der Waals surface area contributed by atoms with Crippen molar-refractivity contribution in [1.29, 1.82) is 0 Å². The van der Waals surface area contributed by atoms with Crippen LogP contribution in [0.1, 0.15) is 23.8 Å². The molecule has 114 valence electrons. The molecule has 1 amide bonds. The van der Waals surface area contributed by atoms with Gasteiger partial charge in [0.25, 0.3) is 5.91 Å². The number of para-hydroxylation sites is 1. The Kier molecular flexibility index (Phi) is 3.40. The smallest absolute Gasteiger partial charge is 0.311 e. The monoisotopic (exact) mass is 300 g/mol. The minimum absolute atomic E-state index is 0.194. The van der Waals surface area contributed by atoms with Crippen molar-refractivity contribution in [3.63, 3.8) is 0 Å². The number of nitrogens with zero attached hydrogens (tertiary/aromatic N) is 4. The molecule has 1 saturated heterocycles. The summed E-state index contributed by atoms with van der Waals surface area (Å²) >= 11 is 0. The molecule has 0 bridgehead atoms. The topological polar surface area (TPSA) is 88.3 Å². The number of aliphatic carboxylic acids is 1. The van der Waals surface area contributed by atoms with E-state index in [1.807, 2.05) is 30.3 Å². The molecule has 1 N–H and O–H groups in total. The molecule has 1 fully saturated rings. The minimum Gasteiger partial charge on any atom is -0.481 e. The van der Waals surface area contributed by atoms with Crippen molar-refractivity contribution in [2.24, 2.45) is 5.41 Å². The van der Waals surface area contributed by atoms with Gasteiger partial charge in [0.2, 0.25) is 0 Å². The highest BCUT2D eigenvalue weighted by molar-refractivity contribution is 5.93. The number of rotatable bonds is 3. The number of benzene rings is 1. The molecule has 22 heavy (non-hydrogen) atoms. The van der Waals surface area contributed by atoms with Crippen LogP contribution in [0.2, 0.25) is 0 Å². The van der Waals surface area contributed by atoms with E-state index in [-0.39, 0.29) is 18.1 Å². The van der Waals surface area contributed by atoms with Crippen LogP contribution in [0, 0.1) is 5.41 Å². The standard InChI is InChI=1S/C15H16N4O3/c1-15(14(21)22)7-8-18(10-15)13(20)12-9-16-19(17-12)11-5-3-2-4-6-11/h2-6,9H,7-8,10H2,1H3,(H,21,22). The molecule has 0 spiro atoms. The largest absolute Gasteiger partial charge is 0.481 e.